The van der Waals surface area contributed by atoms with E-state index in [1.807, 2.05) is 30.3 Å². The summed E-state index contributed by atoms with van der Waals surface area (Å²) in [4.78, 5) is 4.14. The lowest BCUT2D eigenvalue weighted by Crippen LogP contribution is -1.92. The first-order chi connectivity index (χ1) is 11.7. The Morgan fingerprint density at radius 1 is 1.08 bits per heavy atom. The van der Waals surface area contributed by atoms with E-state index in [1.165, 1.54) is 12.2 Å². The Bertz CT molecular complexity index is 799. The molecule has 1 aromatic carbocycles. The summed E-state index contributed by atoms with van der Waals surface area (Å²) in [5.74, 6) is 1.33. The van der Waals surface area contributed by atoms with E-state index in [-0.39, 0.29) is 0 Å². The highest BCUT2D eigenvalue weighted by Crippen LogP contribution is 2.33. The highest BCUT2D eigenvalue weighted by Gasteiger charge is 2.08. The Kier molecular flexibility index (Phi) is 7.86. The van der Waals surface area contributed by atoms with E-state index in [2.05, 4.69) is 11.6 Å². The van der Waals surface area contributed by atoms with E-state index in [0.717, 1.165) is 16.7 Å². The van der Waals surface area contributed by atoms with Crippen molar-refractivity contribution in [3.05, 3.63) is 61.0 Å². The highest BCUT2D eigenvalue weighted by atomic mass is 16.5. The van der Waals surface area contributed by atoms with Crippen LogP contribution in [0.4, 0.5) is 0 Å². The molecule has 0 N–H and O–H groups in total. The van der Waals surface area contributed by atoms with Gasteiger partial charge in [-0.1, -0.05) is 12.6 Å². The van der Waals surface area contributed by atoms with Gasteiger partial charge in [-0.3, -0.25) is 4.98 Å². The number of aromatic nitrogens is 1. The van der Waals surface area contributed by atoms with Crippen LogP contribution in [-0.4, -0.2) is 19.2 Å². The Labute approximate surface area is 141 Å². The SMILES string of the molecule is C=CC#N.COc1ccc(-c2cnccc2C=CC#N)cc1OC. The summed E-state index contributed by atoms with van der Waals surface area (Å²) in [5.41, 5.74) is 2.81. The number of pyridine rings is 1. The van der Waals surface area contributed by atoms with Gasteiger partial charge in [-0.15, -0.1) is 0 Å². The van der Waals surface area contributed by atoms with Gasteiger partial charge >= 0.3 is 0 Å². The van der Waals surface area contributed by atoms with Crippen molar-refractivity contribution in [1.82, 2.24) is 4.98 Å². The molecule has 1 heterocycles. The van der Waals surface area contributed by atoms with Crippen LogP contribution in [0.15, 0.2) is 55.4 Å². The molecule has 0 saturated heterocycles. The van der Waals surface area contributed by atoms with Crippen LogP contribution < -0.4 is 9.47 Å². The van der Waals surface area contributed by atoms with Gasteiger partial charge in [0.05, 0.1) is 26.4 Å². The van der Waals surface area contributed by atoms with Crippen LogP contribution in [0.25, 0.3) is 17.2 Å². The summed E-state index contributed by atoms with van der Waals surface area (Å²) in [6.45, 7) is 3.12. The molecule has 0 fully saturated rings. The van der Waals surface area contributed by atoms with Gasteiger partial charge in [-0.25, -0.2) is 0 Å². The molecule has 0 saturated carbocycles. The molecule has 0 amide bonds. The molecular formula is C19H17N3O2. The number of hydrogen-bond donors (Lipinski definition) is 0. The molecule has 1 aromatic heterocycles. The summed E-state index contributed by atoms with van der Waals surface area (Å²) in [6, 6.07) is 11.2. The molecule has 0 aliphatic carbocycles. The second-order valence-corrected chi connectivity index (χ2v) is 4.33. The van der Waals surface area contributed by atoms with Gasteiger partial charge in [0.25, 0.3) is 0 Å². The first kappa shape index (κ1) is 18.5. The van der Waals surface area contributed by atoms with Gasteiger partial charge in [0.1, 0.15) is 0 Å². The van der Waals surface area contributed by atoms with Crippen LogP contribution in [0.5, 0.6) is 11.5 Å². The second-order valence-electron chi connectivity index (χ2n) is 4.33. The van der Waals surface area contributed by atoms with Gasteiger partial charge in [-0.2, -0.15) is 10.5 Å². The number of hydrogen-bond acceptors (Lipinski definition) is 5. The molecule has 5 heteroatoms. The van der Waals surface area contributed by atoms with Crippen LogP contribution in [0.1, 0.15) is 5.56 Å². The Morgan fingerprint density at radius 3 is 2.38 bits per heavy atom. The number of ether oxygens (including phenoxy) is 2. The van der Waals surface area contributed by atoms with Crippen molar-refractivity contribution in [2.24, 2.45) is 0 Å². The standard InChI is InChI=1S/C16H14N2O2.C3H3N/c1-19-15-6-5-13(10-16(15)20-2)14-11-18-9-7-12(14)4-3-8-17;1-2-3-4/h3-7,9-11H,1-2H3;2H,1H2. The molecule has 0 spiro atoms. The van der Waals surface area contributed by atoms with Crippen LogP contribution in [0, 0.1) is 22.7 Å². The van der Waals surface area contributed by atoms with Gasteiger partial charge in [0.2, 0.25) is 0 Å². The van der Waals surface area contributed by atoms with Gasteiger partial charge in [-0.05, 0) is 35.4 Å². The molecule has 0 unspecified atom stereocenters. The number of benzene rings is 1. The molecule has 0 bridgehead atoms. The van der Waals surface area contributed by atoms with Crippen LogP contribution in [-0.2, 0) is 0 Å². The summed E-state index contributed by atoms with van der Waals surface area (Å²) < 4.78 is 10.5. The maximum absolute atomic E-state index is 8.65. The normalized spacial score (nSPS) is 9.17. The minimum atomic E-state index is 0.657. The lowest BCUT2D eigenvalue weighted by atomic mass is 10.0. The van der Waals surface area contributed by atoms with Crippen LogP contribution in [0.2, 0.25) is 0 Å². The summed E-state index contributed by atoms with van der Waals surface area (Å²) in [6.07, 6.45) is 7.84. The molecule has 120 valence electrons. The van der Waals surface area contributed by atoms with E-state index in [1.54, 1.807) is 38.8 Å². The topological polar surface area (TPSA) is 78.9 Å². The van der Waals surface area contributed by atoms with Gasteiger partial charge < -0.3 is 9.47 Å². The van der Waals surface area contributed by atoms with E-state index in [9.17, 15) is 0 Å². The van der Waals surface area contributed by atoms with Crippen molar-refractivity contribution in [2.75, 3.05) is 14.2 Å². The van der Waals surface area contributed by atoms with E-state index < -0.39 is 0 Å². The molecule has 5 nitrogen and oxygen atoms in total. The fourth-order valence-electron chi connectivity index (χ4n) is 1.92. The Balaban J connectivity index is 0.000000648. The molecule has 2 rings (SSSR count). The minimum absolute atomic E-state index is 0.657. The Hall–Kier alpha value is -3.57. The zero-order valence-electron chi connectivity index (χ0n) is 13.6. The maximum atomic E-state index is 8.65. The summed E-state index contributed by atoms with van der Waals surface area (Å²) >= 11 is 0. The van der Waals surface area contributed by atoms with Crippen LogP contribution >= 0.6 is 0 Å². The highest BCUT2D eigenvalue weighted by molar-refractivity contribution is 5.76. The quantitative estimate of drug-likeness (QED) is 0.796. The van der Waals surface area contributed by atoms with Crippen molar-refractivity contribution < 1.29 is 9.47 Å². The molecule has 0 aliphatic rings. The van der Waals surface area contributed by atoms with Crippen molar-refractivity contribution in [1.29, 1.82) is 10.5 Å². The fourth-order valence-corrected chi connectivity index (χ4v) is 1.92. The van der Waals surface area contributed by atoms with Crippen molar-refractivity contribution >= 4 is 6.08 Å². The summed E-state index contributed by atoms with van der Waals surface area (Å²) in [5, 5.41) is 16.2. The van der Waals surface area contributed by atoms with Gasteiger partial charge in [0.15, 0.2) is 11.5 Å². The fraction of sp³-hybridized carbons (Fsp3) is 0.105. The number of allylic oxidation sites excluding steroid dienone is 2. The predicted octanol–water partition coefficient (Wildman–Crippen LogP) is 4.00. The van der Waals surface area contributed by atoms with E-state index in [4.69, 9.17) is 20.0 Å². The largest absolute Gasteiger partial charge is 0.493 e. The van der Waals surface area contributed by atoms with Crippen molar-refractivity contribution in [3.8, 4) is 34.8 Å². The summed E-state index contributed by atoms with van der Waals surface area (Å²) in [7, 11) is 3.20. The molecule has 2 aromatic rings. The Morgan fingerprint density at radius 2 is 1.79 bits per heavy atom. The third-order valence-corrected chi connectivity index (χ3v) is 2.98. The van der Waals surface area contributed by atoms with E-state index in [0.29, 0.717) is 11.5 Å². The monoisotopic (exact) mass is 319 g/mol. The zero-order valence-corrected chi connectivity index (χ0v) is 13.6. The maximum Gasteiger partial charge on any atom is 0.161 e. The number of methoxy groups -OCH3 is 2. The number of rotatable bonds is 4. The number of nitriles is 2. The lowest BCUT2D eigenvalue weighted by Gasteiger charge is -2.11. The predicted molar refractivity (Wildman–Crippen MR) is 93.2 cm³/mol. The van der Waals surface area contributed by atoms with Crippen molar-refractivity contribution in [3.63, 3.8) is 0 Å². The average Bonchev–Trinajstić information content (AvgIpc) is 2.66. The smallest absolute Gasteiger partial charge is 0.161 e. The van der Waals surface area contributed by atoms with E-state index >= 15 is 0 Å². The molecule has 24 heavy (non-hydrogen) atoms. The molecule has 0 atom stereocenters. The van der Waals surface area contributed by atoms with Gasteiger partial charge in [0, 0.05) is 30.1 Å². The van der Waals surface area contributed by atoms with Crippen LogP contribution in [0.3, 0.4) is 0 Å². The zero-order chi connectivity index (χ0) is 17.8. The first-order valence-corrected chi connectivity index (χ1v) is 6.94. The molecule has 0 radical (unpaired) electrons. The first-order valence-electron chi connectivity index (χ1n) is 6.94. The van der Waals surface area contributed by atoms with Crippen molar-refractivity contribution in [2.45, 2.75) is 0 Å². The molecule has 0 aliphatic heterocycles. The lowest BCUT2D eigenvalue weighted by molar-refractivity contribution is 0.355. The second kappa shape index (κ2) is 10.2. The average molecular weight is 319 g/mol. The molecular weight excluding hydrogens is 302 g/mol. The third kappa shape index (κ3) is 5.01. The third-order valence-electron chi connectivity index (χ3n) is 2.98. The minimum Gasteiger partial charge on any atom is -0.493 e. The number of nitrogens with zero attached hydrogens (tertiary/aromatic N) is 3.